The Morgan fingerprint density at radius 1 is 1.08 bits per heavy atom. The molecular weight excluding hydrogens is 347 g/mol. The molecule has 130 valence electrons. The van der Waals surface area contributed by atoms with Crippen LogP contribution in [0.15, 0.2) is 30.4 Å². The largest absolute Gasteiger partial charge is 0.334 e. The zero-order chi connectivity index (χ0) is 17.7. The standard InChI is InChI=1S/C18H16ClFN2O3/c19-15-7-10(20)5-6-14(15)16(23)21-8-11(9-21)22-17(24)12-3-1-2-4-13(12)18(22)25/h1-2,5-7,11-13H,3-4,8-9H2. The first-order valence-corrected chi connectivity index (χ1v) is 8.61. The van der Waals surface area contributed by atoms with Gasteiger partial charge in [0.15, 0.2) is 0 Å². The van der Waals surface area contributed by atoms with Crippen LogP contribution in [0.2, 0.25) is 5.02 Å². The van der Waals surface area contributed by atoms with Crippen LogP contribution < -0.4 is 0 Å². The maximum Gasteiger partial charge on any atom is 0.255 e. The minimum absolute atomic E-state index is 0.0545. The van der Waals surface area contributed by atoms with Gasteiger partial charge >= 0.3 is 0 Å². The van der Waals surface area contributed by atoms with Crippen molar-refractivity contribution in [3.8, 4) is 0 Å². The molecule has 1 aliphatic carbocycles. The predicted octanol–water partition coefficient (Wildman–Crippen LogP) is 2.25. The summed E-state index contributed by atoms with van der Waals surface area (Å²) < 4.78 is 13.1. The number of rotatable bonds is 2. The van der Waals surface area contributed by atoms with Crippen molar-refractivity contribution >= 4 is 29.3 Å². The van der Waals surface area contributed by atoms with Gasteiger partial charge in [0, 0.05) is 13.1 Å². The highest BCUT2D eigenvalue weighted by Crippen LogP contribution is 2.37. The Morgan fingerprint density at radius 3 is 2.24 bits per heavy atom. The summed E-state index contributed by atoms with van der Waals surface area (Å²) in [5.74, 6) is -1.60. The third kappa shape index (κ3) is 2.56. The van der Waals surface area contributed by atoms with Crippen molar-refractivity contribution < 1.29 is 18.8 Å². The number of benzene rings is 1. The number of halogens is 2. The lowest BCUT2D eigenvalue weighted by atomic mass is 9.85. The van der Waals surface area contributed by atoms with Gasteiger partial charge in [0.2, 0.25) is 11.8 Å². The van der Waals surface area contributed by atoms with Crippen molar-refractivity contribution in [2.45, 2.75) is 18.9 Å². The lowest BCUT2D eigenvalue weighted by Crippen LogP contribution is -2.62. The van der Waals surface area contributed by atoms with Gasteiger partial charge in [0.1, 0.15) is 5.82 Å². The molecule has 5 nitrogen and oxygen atoms in total. The SMILES string of the molecule is O=C(c1ccc(F)cc1Cl)N1CC(N2C(=O)C3CC=CCC3C2=O)C1. The van der Waals surface area contributed by atoms with Crippen LogP contribution in [0.25, 0.3) is 0 Å². The molecule has 0 spiro atoms. The molecule has 4 rings (SSSR count). The lowest BCUT2D eigenvalue weighted by Gasteiger charge is -2.43. The van der Waals surface area contributed by atoms with Crippen LogP contribution in [0.4, 0.5) is 4.39 Å². The van der Waals surface area contributed by atoms with Crippen LogP contribution >= 0.6 is 11.6 Å². The fraction of sp³-hybridized carbons (Fsp3) is 0.389. The van der Waals surface area contributed by atoms with Crippen LogP contribution in [0, 0.1) is 17.7 Å². The van der Waals surface area contributed by atoms with Crippen LogP contribution in [0.1, 0.15) is 23.2 Å². The van der Waals surface area contributed by atoms with Crippen LogP contribution in [0.5, 0.6) is 0 Å². The van der Waals surface area contributed by atoms with Gasteiger partial charge in [-0.15, -0.1) is 0 Å². The first-order valence-electron chi connectivity index (χ1n) is 8.23. The number of amides is 3. The minimum Gasteiger partial charge on any atom is -0.334 e. The van der Waals surface area contributed by atoms with E-state index in [0.717, 1.165) is 6.07 Å². The number of carbonyl (C=O) groups is 3. The highest BCUT2D eigenvalue weighted by atomic mass is 35.5. The van der Waals surface area contributed by atoms with Crippen LogP contribution in [-0.4, -0.2) is 46.7 Å². The third-order valence-electron chi connectivity index (χ3n) is 5.22. The zero-order valence-corrected chi connectivity index (χ0v) is 14.1. The quantitative estimate of drug-likeness (QED) is 0.599. The van der Waals surface area contributed by atoms with Gasteiger partial charge in [-0.1, -0.05) is 23.8 Å². The molecule has 0 aromatic heterocycles. The fourth-order valence-electron chi connectivity index (χ4n) is 3.80. The second kappa shape index (κ2) is 5.95. The predicted molar refractivity (Wildman–Crippen MR) is 88.3 cm³/mol. The molecule has 7 heteroatoms. The second-order valence-electron chi connectivity index (χ2n) is 6.69. The Kier molecular flexibility index (Phi) is 3.87. The van der Waals surface area contributed by atoms with Gasteiger partial charge in [-0.05, 0) is 31.0 Å². The van der Waals surface area contributed by atoms with Crippen molar-refractivity contribution in [2.24, 2.45) is 11.8 Å². The summed E-state index contributed by atoms with van der Waals surface area (Å²) in [6.07, 6.45) is 5.10. The van der Waals surface area contributed by atoms with E-state index in [1.807, 2.05) is 12.2 Å². The van der Waals surface area contributed by atoms with Crippen molar-refractivity contribution in [3.05, 3.63) is 46.8 Å². The van der Waals surface area contributed by atoms with Crippen molar-refractivity contribution in [3.63, 3.8) is 0 Å². The Balaban J connectivity index is 1.44. The highest BCUT2D eigenvalue weighted by Gasteiger charge is 2.52. The van der Waals surface area contributed by atoms with E-state index < -0.39 is 5.82 Å². The van der Waals surface area contributed by atoms with Gasteiger partial charge in [0.05, 0.1) is 28.5 Å². The molecule has 2 aliphatic heterocycles. The maximum atomic E-state index is 13.1. The van der Waals surface area contributed by atoms with Crippen molar-refractivity contribution in [2.75, 3.05) is 13.1 Å². The number of nitrogens with zero attached hydrogens (tertiary/aromatic N) is 2. The van der Waals surface area contributed by atoms with E-state index in [2.05, 4.69) is 0 Å². The van der Waals surface area contributed by atoms with E-state index in [1.165, 1.54) is 21.9 Å². The van der Waals surface area contributed by atoms with E-state index in [1.54, 1.807) is 0 Å². The molecule has 3 amide bonds. The Labute approximate surface area is 149 Å². The van der Waals surface area contributed by atoms with E-state index in [4.69, 9.17) is 11.6 Å². The first kappa shape index (κ1) is 16.3. The number of allylic oxidation sites excluding steroid dienone is 2. The Morgan fingerprint density at radius 2 is 1.68 bits per heavy atom. The summed E-state index contributed by atoms with van der Waals surface area (Å²) >= 11 is 5.93. The normalized spacial score (nSPS) is 26.0. The molecule has 0 N–H and O–H groups in total. The fourth-order valence-corrected chi connectivity index (χ4v) is 4.05. The average molecular weight is 363 g/mol. The minimum atomic E-state index is -0.507. The average Bonchev–Trinajstić information content (AvgIpc) is 2.79. The monoisotopic (exact) mass is 362 g/mol. The van der Waals surface area contributed by atoms with Gasteiger partial charge in [-0.2, -0.15) is 0 Å². The molecular formula is C18H16ClFN2O3. The molecule has 1 aromatic rings. The Hall–Kier alpha value is -2.21. The molecule has 2 atom stereocenters. The molecule has 2 unspecified atom stereocenters. The van der Waals surface area contributed by atoms with E-state index in [9.17, 15) is 18.8 Å². The molecule has 2 heterocycles. The van der Waals surface area contributed by atoms with E-state index in [0.29, 0.717) is 12.8 Å². The first-order chi connectivity index (χ1) is 12.0. The number of hydrogen-bond acceptors (Lipinski definition) is 3. The van der Waals surface area contributed by atoms with E-state index in [-0.39, 0.29) is 59.3 Å². The summed E-state index contributed by atoms with van der Waals surface area (Å²) in [6.45, 7) is 0.577. The topological polar surface area (TPSA) is 57.7 Å². The summed E-state index contributed by atoms with van der Waals surface area (Å²) in [4.78, 5) is 40.4. The molecule has 25 heavy (non-hydrogen) atoms. The Bertz CT molecular complexity index is 778. The second-order valence-corrected chi connectivity index (χ2v) is 7.10. The highest BCUT2D eigenvalue weighted by molar-refractivity contribution is 6.33. The van der Waals surface area contributed by atoms with Crippen molar-refractivity contribution in [1.29, 1.82) is 0 Å². The third-order valence-corrected chi connectivity index (χ3v) is 5.53. The summed E-state index contributed by atoms with van der Waals surface area (Å²) in [5, 5.41) is 0.0545. The van der Waals surface area contributed by atoms with Crippen LogP contribution in [0.3, 0.4) is 0 Å². The molecule has 0 saturated carbocycles. The lowest BCUT2D eigenvalue weighted by molar-refractivity contribution is -0.145. The van der Waals surface area contributed by atoms with Gasteiger partial charge in [-0.3, -0.25) is 19.3 Å². The number of imide groups is 1. The molecule has 1 aromatic carbocycles. The molecule has 0 bridgehead atoms. The number of fused-ring (bicyclic) bond motifs is 1. The van der Waals surface area contributed by atoms with Crippen molar-refractivity contribution in [1.82, 2.24) is 9.80 Å². The summed E-state index contributed by atoms with van der Waals surface area (Å²) in [7, 11) is 0. The number of hydrogen-bond donors (Lipinski definition) is 0. The van der Waals surface area contributed by atoms with E-state index >= 15 is 0 Å². The molecule has 0 radical (unpaired) electrons. The maximum absolute atomic E-state index is 13.1. The smallest absolute Gasteiger partial charge is 0.255 e. The van der Waals surface area contributed by atoms with Gasteiger partial charge in [-0.25, -0.2) is 4.39 Å². The molecule has 3 aliphatic rings. The number of likely N-dealkylation sites (tertiary alicyclic amines) is 2. The van der Waals surface area contributed by atoms with Gasteiger partial charge < -0.3 is 4.90 Å². The summed E-state index contributed by atoms with van der Waals surface area (Å²) in [6, 6.07) is 3.34. The molecule has 2 saturated heterocycles. The zero-order valence-electron chi connectivity index (χ0n) is 13.3. The number of carbonyl (C=O) groups excluding carboxylic acids is 3. The molecule has 2 fully saturated rings. The van der Waals surface area contributed by atoms with Gasteiger partial charge in [0.25, 0.3) is 5.91 Å². The summed E-state index contributed by atoms with van der Waals surface area (Å²) in [5.41, 5.74) is 0.221. The van der Waals surface area contributed by atoms with Crippen LogP contribution in [-0.2, 0) is 9.59 Å².